The van der Waals surface area contributed by atoms with Crippen molar-refractivity contribution < 1.29 is 88.5 Å². The van der Waals surface area contributed by atoms with Crippen LogP contribution in [0.2, 0.25) is 0 Å². The third kappa shape index (κ3) is 3.82. The molecule has 194 valence electrons. The van der Waals surface area contributed by atoms with Crippen molar-refractivity contribution in [2.45, 2.75) is 73.0 Å². The van der Waals surface area contributed by atoms with E-state index in [-0.39, 0.29) is 6.92 Å². The van der Waals surface area contributed by atoms with Gasteiger partial charge in [0.1, 0.15) is 0 Å². The molecule has 20 heteroatoms. The van der Waals surface area contributed by atoms with E-state index in [4.69, 9.17) is 5.11 Å². The number of alkyl halides is 19. The molecule has 0 heterocycles. The van der Waals surface area contributed by atoms with Crippen LogP contribution in [-0.2, 0) is 0 Å². The number of hydrogen-bond acceptors (Lipinski definition) is 1. The minimum atomic E-state index is -9.02. The van der Waals surface area contributed by atoms with Gasteiger partial charge in [-0.15, -0.1) is 0 Å². The van der Waals surface area contributed by atoms with Gasteiger partial charge in [0.2, 0.25) is 0 Å². The Bertz CT molecular complexity index is 655. The Labute approximate surface area is 163 Å². The second-order valence-corrected chi connectivity index (χ2v) is 6.28. The maximum absolute atomic E-state index is 13.4. The lowest BCUT2D eigenvalue weighted by molar-refractivity contribution is -0.472. The lowest BCUT2D eigenvalue weighted by atomic mass is 9.83. The number of rotatable bonds is 8. The van der Waals surface area contributed by atoms with Gasteiger partial charge in [0.25, 0.3) is 0 Å². The summed E-state index contributed by atoms with van der Waals surface area (Å²) in [6.07, 6.45) is -22.3. The maximum atomic E-state index is 13.4. The summed E-state index contributed by atoms with van der Waals surface area (Å²) in [5.41, 5.74) is -8.74. The van der Waals surface area contributed by atoms with Crippen molar-refractivity contribution in [3.8, 4) is 0 Å². The Morgan fingerprint density at radius 2 is 0.719 bits per heavy atom. The molecule has 0 bridgehead atoms. The zero-order valence-electron chi connectivity index (χ0n) is 14.4. The highest BCUT2D eigenvalue weighted by Gasteiger charge is 2.98. The summed E-state index contributed by atoms with van der Waals surface area (Å²) in [4.78, 5) is 0. The first-order valence-corrected chi connectivity index (χ1v) is 7.19. The summed E-state index contributed by atoms with van der Waals surface area (Å²) in [6, 6.07) is 0. The van der Waals surface area contributed by atoms with E-state index in [1.54, 1.807) is 0 Å². The maximum Gasteiger partial charge on any atom is 0.438 e. The van der Waals surface area contributed by atoms with E-state index >= 15 is 0 Å². The molecule has 0 fully saturated rings. The third-order valence-corrected chi connectivity index (χ3v) is 3.80. The highest BCUT2D eigenvalue weighted by molar-refractivity contribution is 5.19. The molecule has 0 saturated heterocycles. The molecule has 0 aliphatic carbocycles. The Morgan fingerprint density at radius 3 is 0.969 bits per heavy atom. The van der Waals surface area contributed by atoms with E-state index in [1.807, 2.05) is 0 Å². The predicted molar refractivity (Wildman–Crippen MR) is 61.9 cm³/mol. The zero-order valence-corrected chi connectivity index (χ0v) is 14.4. The van der Waals surface area contributed by atoms with Crippen LogP contribution in [-0.4, -0.2) is 64.8 Å². The molecule has 32 heavy (non-hydrogen) atoms. The van der Waals surface area contributed by atoms with Gasteiger partial charge in [-0.1, -0.05) is 0 Å². The fourth-order valence-corrected chi connectivity index (χ4v) is 2.05. The minimum absolute atomic E-state index is 0.118. The molecule has 0 amide bonds. The molecule has 0 aliphatic heterocycles. The van der Waals surface area contributed by atoms with Gasteiger partial charge in [-0.2, -0.15) is 79.0 Å². The first-order valence-electron chi connectivity index (χ1n) is 7.19. The first-order chi connectivity index (χ1) is 13.4. The van der Waals surface area contributed by atoms with Crippen LogP contribution in [0, 0.1) is 0 Å². The summed E-state index contributed by atoms with van der Waals surface area (Å²) < 4.78 is 247. The summed E-state index contributed by atoms with van der Waals surface area (Å²) in [6.45, 7) is 0.118. The highest BCUT2D eigenvalue weighted by Crippen LogP contribution is 2.66. The van der Waals surface area contributed by atoms with Gasteiger partial charge in [0.05, 0.1) is 6.10 Å². The van der Waals surface area contributed by atoms with Crippen LogP contribution in [0.3, 0.4) is 0 Å². The van der Waals surface area contributed by atoms with E-state index in [9.17, 15) is 83.4 Å². The van der Waals surface area contributed by atoms with Crippen molar-refractivity contribution in [1.29, 1.82) is 0 Å². The van der Waals surface area contributed by atoms with Gasteiger partial charge in [0.15, 0.2) is 0 Å². The van der Waals surface area contributed by atoms with Crippen LogP contribution < -0.4 is 0 Å². The van der Waals surface area contributed by atoms with Gasteiger partial charge in [-0.05, 0) is 6.92 Å². The number of aliphatic hydroxyl groups is 1. The van der Waals surface area contributed by atoms with Crippen molar-refractivity contribution in [2.24, 2.45) is 0 Å². The average molecular weight is 528 g/mol. The van der Waals surface area contributed by atoms with E-state index in [2.05, 4.69) is 0 Å². The second kappa shape index (κ2) is 7.57. The Balaban J connectivity index is 7.04. The second-order valence-electron chi connectivity index (χ2n) is 6.28. The number of halogens is 19. The standard InChI is InChI=1S/C12H7F19O/c1-3(32)2-4(13,14)6(16,17)8(20,21)10(24,25)9(22,23)7(18,19)5(15,11(26,27)28)12(29,30)31/h3,32H,2H2,1H3. The molecule has 0 saturated carbocycles. The van der Waals surface area contributed by atoms with Gasteiger partial charge in [-0.3, -0.25) is 0 Å². The van der Waals surface area contributed by atoms with E-state index < -0.39 is 66.1 Å². The smallest absolute Gasteiger partial charge is 0.393 e. The quantitative estimate of drug-likeness (QED) is 0.362. The number of hydrogen-bond donors (Lipinski definition) is 1. The van der Waals surface area contributed by atoms with Crippen LogP contribution in [0.1, 0.15) is 13.3 Å². The monoisotopic (exact) mass is 528 g/mol. The summed E-state index contributed by atoms with van der Waals surface area (Å²) in [5, 5.41) is 8.48. The normalized spacial score (nSPS) is 17.5. The van der Waals surface area contributed by atoms with Crippen LogP contribution in [0.4, 0.5) is 83.4 Å². The third-order valence-electron chi connectivity index (χ3n) is 3.80. The predicted octanol–water partition coefficient (Wildman–Crippen LogP) is 6.40. The molecule has 0 rings (SSSR count). The van der Waals surface area contributed by atoms with Gasteiger partial charge in [0, 0.05) is 6.42 Å². The summed E-state index contributed by atoms with van der Waals surface area (Å²) in [7, 11) is 0. The number of aliphatic hydroxyl groups excluding tert-OH is 1. The van der Waals surface area contributed by atoms with Crippen molar-refractivity contribution in [1.82, 2.24) is 0 Å². The highest BCUT2D eigenvalue weighted by atomic mass is 19.4. The molecule has 1 N–H and O–H groups in total. The minimum Gasteiger partial charge on any atom is -0.393 e. The van der Waals surface area contributed by atoms with E-state index in [1.165, 1.54) is 0 Å². The topological polar surface area (TPSA) is 20.2 Å². The van der Waals surface area contributed by atoms with Crippen LogP contribution in [0.25, 0.3) is 0 Å². The van der Waals surface area contributed by atoms with Crippen molar-refractivity contribution in [3.05, 3.63) is 0 Å². The molecule has 0 aromatic rings. The van der Waals surface area contributed by atoms with Crippen molar-refractivity contribution in [2.75, 3.05) is 0 Å². The lowest BCUT2D eigenvalue weighted by Gasteiger charge is -2.45. The average Bonchev–Trinajstić information content (AvgIpc) is 2.49. The molecule has 0 spiro atoms. The van der Waals surface area contributed by atoms with Crippen molar-refractivity contribution >= 4 is 0 Å². The Hall–Kier alpha value is -1.37. The molecule has 1 unspecified atom stereocenters. The SMILES string of the molecule is CC(O)CC(F)(F)C(F)(F)C(F)(F)C(F)(F)C(F)(F)C(F)(F)C(F)(C(F)(F)F)C(F)(F)F. The van der Waals surface area contributed by atoms with Gasteiger partial charge in [-0.25, -0.2) is 4.39 Å². The fourth-order valence-electron chi connectivity index (χ4n) is 2.05. The van der Waals surface area contributed by atoms with Crippen LogP contribution in [0.5, 0.6) is 0 Å². The van der Waals surface area contributed by atoms with E-state index in [0.717, 1.165) is 0 Å². The van der Waals surface area contributed by atoms with Gasteiger partial charge < -0.3 is 5.11 Å². The Morgan fingerprint density at radius 1 is 0.469 bits per heavy atom. The molecule has 0 aromatic heterocycles. The van der Waals surface area contributed by atoms with Crippen LogP contribution >= 0.6 is 0 Å². The van der Waals surface area contributed by atoms with Gasteiger partial charge >= 0.3 is 53.6 Å². The molecular weight excluding hydrogens is 521 g/mol. The molecular formula is C12H7F19O. The van der Waals surface area contributed by atoms with Crippen LogP contribution in [0.15, 0.2) is 0 Å². The molecule has 0 radical (unpaired) electrons. The molecule has 0 aliphatic rings. The zero-order chi connectivity index (χ0) is 26.8. The van der Waals surface area contributed by atoms with E-state index in [0.29, 0.717) is 0 Å². The molecule has 1 atom stereocenters. The largest absolute Gasteiger partial charge is 0.438 e. The fraction of sp³-hybridized carbons (Fsp3) is 1.00. The Kier molecular flexibility index (Phi) is 7.25. The lowest BCUT2D eigenvalue weighted by Crippen LogP contribution is -2.77. The molecule has 1 nitrogen and oxygen atoms in total. The summed E-state index contributed by atoms with van der Waals surface area (Å²) in [5.74, 6) is -50.0. The summed E-state index contributed by atoms with van der Waals surface area (Å²) >= 11 is 0. The first kappa shape index (κ1) is 30.6. The molecule has 0 aromatic carbocycles. The van der Waals surface area contributed by atoms with Crippen molar-refractivity contribution in [3.63, 3.8) is 0 Å².